The molecular formula is C15H18FNO3. The minimum atomic E-state index is -0.461. The quantitative estimate of drug-likeness (QED) is 0.666. The van der Waals surface area contributed by atoms with E-state index in [0.717, 1.165) is 25.7 Å². The molecule has 0 aromatic heterocycles. The normalized spacial score (nSPS) is 15.7. The number of amides is 1. The first kappa shape index (κ1) is 14.5. The number of hydrogen-bond donors (Lipinski definition) is 1. The van der Waals surface area contributed by atoms with Crippen LogP contribution in [0.3, 0.4) is 0 Å². The summed E-state index contributed by atoms with van der Waals surface area (Å²) in [6.45, 7) is 0. The number of hydroxylamine groups is 1. The second-order valence-electron chi connectivity index (χ2n) is 4.72. The number of methoxy groups -OCH3 is 1. The zero-order chi connectivity index (χ0) is 14.4. The number of hydrogen-bond acceptors (Lipinski definition) is 3. The van der Waals surface area contributed by atoms with Gasteiger partial charge in [-0.1, -0.05) is 18.9 Å². The Bertz CT molecular complexity index is 496. The van der Waals surface area contributed by atoms with E-state index in [2.05, 4.69) is 5.48 Å². The lowest BCUT2D eigenvalue weighted by Gasteiger charge is -2.09. The minimum absolute atomic E-state index is 0.116. The van der Waals surface area contributed by atoms with Crippen molar-refractivity contribution in [3.05, 3.63) is 35.7 Å². The summed E-state index contributed by atoms with van der Waals surface area (Å²) in [5.74, 6) is -0.637. The maximum atomic E-state index is 13.4. The molecule has 2 rings (SSSR count). The van der Waals surface area contributed by atoms with E-state index in [4.69, 9.17) is 9.57 Å². The second kappa shape index (κ2) is 7.05. The molecule has 1 aliphatic carbocycles. The van der Waals surface area contributed by atoms with E-state index in [1.807, 2.05) is 0 Å². The molecule has 1 aromatic carbocycles. The van der Waals surface area contributed by atoms with Crippen LogP contribution in [-0.4, -0.2) is 19.1 Å². The molecule has 0 heterocycles. The Morgan fingerprint density at radius 3 is 2.80 bits per heavy atom. The first-order chi connectivity index (χ1) is 9.69. The minimum Gasteiger partial charge on any atom is -0.494 e. The maximum absolute atomic E-state index is 13.4. The molecule has 0 bridgehead atoms. The van der Waals surface area contributed by atoms with Crippen LogP contribution in [0.4, 0.5) is 4.39 Å². The lowest BCUT2D eigenvalue weighted by Crippen LogP contribution is -2.26. The van der Waals surface area contributed by atoms with Crippen molar-refractivity contribution in [1.82, 2.24) is 5.48 Å². The number of nitrogens with one attached hydrogen (secondary N) is 1. The number of carbonyl (C=O) groups excluding carboxylic acids is 1. The summed E-state index contributed by atoms with van der Waals surface area (Å²) in [5, 5.41) is 0. The highest BCUT2D eigenvalue weighted by Crippen LogP contribution is 2.20. The van der Waals surface area contributed by atoms with Crippen LogP contribution in [0, 0.1) is 5.82 Å². The lowest BCUT2D eigenvalue weighted by atomic mass is 10.2. The average Bonchev–Trinajstić information content (AvgIpc) is 2.96. The second-order valence-corrected chi connectivity index (χ2v) is 4.72. The SMILES string of the molecule is COc1ccc(/C=C/C(=O)NOC2CCCC2)cc1F. The molecule has 0 spiro atoms. The van der Waals surface area contributed by atoms with Crippen LogP contribution in [0.1, 0.15) is 31.2 Å². The van der Waals surface area contributed by atoms with Gasteiger partial charge in [-0.05, 0) is 36.6 Å². The van der Waals surface area contributed by atoms with E-state index in [9.17, 15) is 9.18 Å². The van der Waals surface area contributed by atoms with E-state index < -0.39 is 5.82 Å². The molecule has 20 heavy (non-hydrogen) atoms. The van der Waals surface area contributed by atoms with Crippen molar-refractivity contribution in [1.29, 1.82) is 0 Å². The third-order valence-corrected chi connectivity index (χ3v) is 3.23. The largest absolute Gasteiger partial charge is 0.494 e. The summed E-state index contributed by atoms with van der Waals surface area (Å²) in [6, 6.07) is 4.49. The monoisotopic (exact) mass is 279 g/mol. The van der Waals surface area contributed by atoms with Crippen LogP contribution >= 0.6 is 0 Å². The van der Waals surface area contributed by atoms with Gasteiger partial charge in [-0.15, -0.1) is 0 Å². The van der Waals surface area contributed by atoms with Gasteiger partial charge < -0.3 is 4.74 Å². The van der Waals surface area contributed by atoms with Gasteiger partial charge >= 0.3 is 0 Å². The standard InChI is InChI=1S/C15H18FNO3/c1-19-14-8-6-11(10-13(14)16)7-9-15(18)17-20-12-4-2-3-5-12/h6-10,12H,2-5H2,1H3,(H,17,18)/b9-7+. The van der Waals surface area contributed by atoms with Crippen LogP contribution in [0.15, 0.2) is 24.3 Å². The molecule has 108 valence electrons. The molecular weight excluding hydrogens is 261 g/mol. The predicted octanol–water partition coefficient (Wildman–Crippen LogP) is 2.84. The van der Waals surface area contributed by atoms with Crippen molar-refractivity contribution in [3.63, 3.8) is 0 Å². The first-order valence-electron chi connectivity index (χ1n) is 6.66. The molecule has 1 fully saturated rings. The summed E-state index contributed by atoms with van der Waals surface area (Å²) in [5.41, 5.74) is 2.97. The van der Waals surface area contributed by atoms with Crippen molar-refractivity contribution < 1.29 is 18.8 Å². The number of ether oxygens (including phenoxy) is 1. The van der Waals surface area contributed by atoms with Crippen molar-refractivity contribution in [3.8, 4) is 5.75 Å². The van der Waals surface area contributed by atoms with Gasteiger partial charge in [0, 0.05) is 6.08 Å². The number of halogens is 1. The summed E-state index contributed by atoms with van der Waals surface area (Å²) in [4.78, 5) is 16.8. The molecule has 0 aliphatic heterocycles. The van der Waals surface area contributed by atoms with Crippen molar-refractivity contribution in [2.24, 2.45) is 0 Å². The van der Waals surface area contributed by atoms with Crippen molar-refractivity contribution in [2.45, 2.75) is 31.8 Å². The Morgan fingerprint density at radius 1 is 1.40 bits per heavy atom. The average molecular weight is 279 g/mol. The summed E-state index contributed by atoms with van der Waals surface area (Å²) >= 11 is 0. The van der Waals surface area contributed by atoms with E-state index in [0.29, 0.717) is 5.56 Å². The van der Waals surface area contributed by atoms with Gasteiger partial charge in [0.15, 0.2) is 11.6 Å². The van der Waals surface area contributed by atoms with Crippen LogP contribution in [0.5, 0.6) is 5.75 Å². The summed E-state index contributed by atoms with van der Waals surface area (Å²) in [6.07, 6.45) is 7.20. The Balaban J connectivity index is 1.84. The van der Waals surface area contributed by atoms with Gasteiger partial charge in [0.25, 0.3) is 5.91 Å². The van der Waals surface area contributed by atoms with Crippen molar-refractivity contribution >= 4 is 12.0 Å². The van der Waals surface area contributed by atoms with Crippen LogP contribution in [0.2, 0.25) is 0 Å². The highest BCUT2D eigenvalue weighted by molar-refractivity contribution is 5.90. The van der Waals surface area contributed by atoms with Gasteiger partial charge in [0.1, 0.15) is 0 Å². The van der Waals surface area contributed by atoms with Crippen LogP contribution in [0.25, 0.3) is 6.08 Å². The van der Waals surface area contributed by atoms with Crippen molar-refractivity contribution in [2.75, 3.05) is 7.11 Å². The molecule has 0 unspecified atom stereocenters. The Labute approximate surface area is 117 Å². The van der Waals surface area contributed by atoms with E-state index in [1.54, 1.807) is 6.07 Å². The summed E-state index contributed by atoms with van der Waals surface area (Å²) in [7, 11) is 1.40. The predicted molar refractivity (Wildman–Crippen MR) is 73.5 cm³/mol. The fraction of sp³-hybridized carbons (Fsp3) is 0.400. The van der Waals surface area contributed by atoms with Gasteiger partial charge in [0.05, 0.1) is 13.2 Å². The van der Waals surface area contributed by atoms with Gasteiger partial charge in [-0.25, -0.2) is 9.87 Å². The topological polar surface area (TPSA) is 47.6 Å². The number of benzene rings is 1. The van der Waals surface area contributed by atoms with Gasteiger partial charge in [-0.3, -0.25) is 9.63 Å². The molecule has 0 saturated heterocycles. The van der Waals surface area contributed by atoms with Gasteiger partial charge in [0.2, 0.25) is 0 Å². The molecule has 1 N–H and O–H groups in total. The molecule has 1 aliphatic rings. The van der Waals surface area contributed by atoms with Gasteiger partial charge in [-0.2, -0.15) is 0 Å². The summed E-state index contributed by atoms with van der Waals surface area (Å²) < 4.78 is 18.3. The maximum Gasteiger partial charge on any atom is 0.267 e. The van der Waals surface area contributed by atoms with Crippen LogP contribution in [-0.2, 0) is 9.63 Å². The van der Waals surface area contributed by atoms with E-state index >= 15 is 0 Å². The highest BCUT2D eigenvalue weighted by atomic mass is 19.1. The smallest absolute Gasteiger partial charge is 0.267 e. The van der Waals surface area contributed by atoms with Crippen LogP contribution < -0.4 is 10.2 Å². The first-order valence-corrected chi connectivity index (χ1v) is 6.66. The molecule has 0 radical (unpaired) electrons. The zero-order valence-electron chi connectivity index (χ0n) is 11.4. The fourth-order valence-corrected chi connectivity index (χ4v) is 2.14. The van der Waals surface area contributed by atoms with E-state index in [-0.39, 0.29) is 17.8 Å². The Kier molecular flexibility index (Phi) is 5.12. The zero-order valence-corrected chi connectivity index (χ0v) is 11.4. The Morgan fingerprint density at radius 2 is 2.15 bits per heavy atom. The van der Waals surface area contributed by atoms with E-state index in [1.165, 1.54) is 31.4 Å². The lowest BCUT2D eigenvalue weighted by molar-refractivity contribution is -0.132. The molecule has 1 amide bonds. The fourth-order valence-electron chi connectivity index (χ4n) is 2.14. The third kappa shape index (κ3) is 4.06. The molecule has 0 atom stereocenters. The Hall–Kier alpha value is -1.88. The number of carbonyl (C=O) groups is 1. The number of rotatable bonds is 5. The highest BCUT2D eigenvalue weighted by Gasteiger charge is 2.16. The molecule has 1 saturated carbocycles. The third-order valence-electron chi connectivity index (χ3n) is 3.23. The molecule has 5 heteroatoms. The molecule has 1 aromatic rings. The molecule has 4 nitrogen and oxygen atoms in total.